The molecule has 0 radical (unpaired) electrons. The fourth-order valence-corrected chi connectivity index (χ4v) is 1.32. The minimum absolute atomic E-state index is 0.277. The minimum Gasteiger partial charge on any atom is -0.389 e. The third-order valence-electron chi connectivity index (χ3n) is 2.99. The normalized spacial score (nSPS) is 16.0. The van der Waals surface area contributed by atoms with Crippen LogP contribution < -0.4 is 0 Å². The lowest BCUT2D eigenvalue weighted by Crippen LogP contribution is -2.45. The van der Waals surface area contributed by atoms with Crippen LogP contribution in [-0.2, 0) is 4.74 Å². The van der Waals surface area contributed by atoms with E-state index in [0.29, 0.717) is 6.54 Å². The van der Waals surface area contributed by atoms with Gasteiger partial charge in [0.05, 0.1) is 12.2 Å². The van der Waals surface area contributed by atoms with Gasteiger partial charge in [-0.2, -0.15) is 0 Å². The van der Waals surface area contributed by atoms with E-state index in [-0.39, 0.29) is 5.92 Å². The highest BCUT2D eigenvalue weighted by atomic mass is 16.5. The molecule has 0 heterocycles. The first kappa shape index (κ1) is 14.9. The molecule has 0 rings (SSSR count). The van der Waals surface area contributed by atoms with Crippen LogP contribution in [0, 0.1) is 5.92 Å². The summed E-state index contributed by atoms with van der Waals surface area (Å²) >= 11 is 0. The maximum Gasteiger partial charge on any atom is 0.0768 e. The Bertz CT molecular complexity index is 158. The van der Waals surface area contributed by atoms with Crippen molar-refractivity contribution >= 4 is 0 Å². The van der Waals surface area contributed by atoms with Gasteiger partial charge in [0.1, 0.15) is 0 Å². The molecule has 0 aromatic heterocycles. The van der Waals surface area contributed by atoms with Crippen molar-refractivity contribution in [1.82, 2.24) is 4.90 Å². The van der Waals surface area contributed by atoms with E-state index < -0.39 is 5.60 Å². The summed E-state index contributed by atoms with van der Waals surface area (Å²) in [5, 5.41) is 10.2. The van der Waals surface area contributed by atoms with Crippen LogP contribution in [0.3, 0.4) is 0 Å². The number of nitrogens with zero attached hydrogens (tertiary/aromatic N) is 1. The maximum absolute atomic E-state index is 10.2. The first-order valence-corrected chi connectivity index (χ1v) is 5.96. The van der Waals surface area contributed by atoms with Gasteiger partial charge in [-0.15, -0.1) is 0 Å². The molecule has 1 N–H and O–H groups in total. The molecule has 0 saturated heterocycles. The van der Waals surface area contributed by atoms with E-state index in [1.54, 1.807) is 0 Å². The van der Waals surface area contributed by atoms with Crippen molar-refractivity contribution in [1.29, 1.82) is 0 Å². The summed E-state index contributed by atoms with van der Waals surface area (Å²) in [6.07, 6.45) is 0. The molecule has 3 nitrogen and oxygen atoms in total. The molecule has 3 heteroatoms. The third-order valence-corrected chi connectivity index (χ3v) is 2.99. The Labute approximate surface area is 94.4 Å². The monoisotopic (exact) mass is 217 g/mol. The molecule has 0 amide bonds. The molecule has 92 valence electrons. The highest BCUT2D eigenvalue weighted by molar-refractivity contribution is 4.80. The fourth-order valence-electron chi connectivity index (χ4n) is 1.32. The molecule has 0 aliphatic heterocycles. The molecule has 0 aliphatic rings. The van der Waals surface area contributed by atoms with Crippen LogP contribution in [0.25, 0.3) is 0 Å². The zero-order chi connectivity index (χ0) is 11.9. The van der Waals surface area contributed by atoms with Crippen molar-refractivity contribution in [3.63, 3.8) is 0 Å². The Kier molecular flexibility index (Phi) is 7.14. The second-order valence-corrected chi connectivity index (χ2v) is 4.58. The second-order valence-electron chi connectivity index (χ2n) is 4.58. The van der Waals surface area contributed by atoms with Crippen LogP contribution in [0.2, 0.25) is 0 Å². The molecule has 0 aliphatic carbocycles. The molecule has 0 aromatic carbocycles. The van der Waals surface area contributed by atoms with E-state index >= 15 is 0 Å². The van der Waals surface area contributed by atoms with Crippen molar-refractivity contribution in [2.24, 2.45) is 5.92 Å². The van der Waals surface area contributed by atoms with Gasteiger partial charge in [0.25, 0.3) is 0 Å². The zero-order valence-electron chi connectivity index (χ0n) is 10.9. The van der Waals surface area contributed by atoms with E-state index in [0.717, 1.165) is 26.3 Å². The summed E-state index contributed by atoms with van der Waals surface area (Å²) in [6.45, 7) is 14.2. The molecule has 0 spiro atoms. The van der Waals surface area contributed by atoms with Crippen LogP contribution in [-0.4, -0.2) is 48.5 Å². The Morgan fingerprint density at radius 2 is 1.93 bits per heavy atom. The number of hydrogen-bond acceptors (Lipinski definition) is 3. The SMILES string of the molecule is CCOCCN(CC)CC(C)(O)C(C)C. The van der Waals surface area contributed by atoms with E-state index in [1.807, 2.05) is 13.8 Å². The molecule has 1 unspecified atom stereocenters. The van der Waals surface area contributed by atoms with Gasteiger partial charge in [0, 0.05) is 19.7 Å². The van der Waals surface area contributed by atoms with Crippen molar-refractivity contribution in [2.75, 3.05) is 32.8 Å². The van der Waals surface area contributed by atoms with Gasteiger partial charge in [0.15, 0.2) is 0 Å². The van der Waals surface area contributed by atoms with Crippen LogP contribution in [0.15, 0.2) is 0 Å². The van der Waals surface area contributed by atoms with Crippen LogP contribution >= 0.6 is 0 Å². The van der Waals surface area contributed by atoms with Crippen molar-refractivity contribution in [3.8, 4) is 0 Å². The zero-order valence-corrected chi connectivity index (χ0v) is 10.9. The van der Waals surface area contributed by atoms with Gasteiger partial charge in [-0.3, -0.25) is 4.90 Å². The average molecular weight is 217 g/mol. The second kappa shape index (κ2) is 7.20. The van der Waals surface area contributed by atoms with Gasteiger partial charge in [-0.05, 0) is 26.3 Å². The smallest absolute Gasteiger partial charge is 0.0768 e. The fraction of sp³-hybridized carbons (Fsp3) is 1.00. The average Bonchev–Trinajstić information content (AvgIpc) is 2.16. The summed E-state index contributed by atoms with van der Waals surface area (Å²) in [7, 11) is 0. The Morgan fingerprint density at radius 1 is 1.33 bits per heavy atom. The van der Waals surface area contributed by atoms with Crippen LogP contribution in [0.5, 0.6) is 0 Å². The minimum atomic E-state index is -0.609. The Hall–Kier alpha value is -0.120. The highest BCUT2D eigenvalue weighted by Crippen LogP contribution is 2.17. The third kappa shape index (κ3) is 6.13. The van der Waals surface area contributed by atoms with Crippen LogP contribution in [0.4, 0.5) is 0 Å². The lowest BCUT2D eigenvalue weighted by atomic mass is 9.92. The van der Waals surface area contributed by atoms with E-state index in [4.69, 9.17) is 4.74 Å². The number of aliphatic hydroxyl groups is 1. The Morgan fingerprint density at radius 3 is 2.33 bits per heavy atom. The Balaban J connectivity index is 3.97. The van der Waals surface area contributed by atoms with Gasteiger partial charge in [-0.25, -0.2) is 0 Å². The van der Waals surface area contributed by atoms with Crippen LogP contribution in [0.1, 0.15) is 34.6 Å². The maximum atomic E-state index is 10.2. The lowest BCUT2D eigenvalue weighted by Gasteiger charge is -2.33. The molecule has 0 saturated carbocycles. The molecule has 0 aromatic rings. The first-order chi connectivity index (χ1) is 6.94. The van der Waals surface area contributed by atoms with Gasteiger partial charge in [-0.1, -0.05) is 20.8 Å². The molecule has 1 atom stereocenters. The molecular weight excluding hydrogens is 190 g/mol. The molecular formula is C12H27NO2. The summed E-state index contributed by atoms with van der Waals surface area (Å²) < 4.78 is 5.32. The molecule has 0 bridgehead atoms. The van der Waals surface area contributed by atoms with E-state index in [1.165, 1.54) is 0 Å². The lowest BCUT2D eigenvalue weighted by molar-refractivity contribution is -0.0230. The van der Waals surface area contributed by atoms with Gasteiger partial charge >= 0.3 is 0 Å². The predicted molar refractivity (Wildman–Crippen MR) is 64.1 cm³/mol. The number of hydrogen-bond donors (Lipinski definition) is 1. The first-order valence-electron chi connectivity index (χ1n) is 5.96. The standard InChI is InChI=1S/C12H27NO2/c1-6-13(8-9-15-7-2)10-12(5,14)11(3)4/h11,14H,6-10H2,1-5H3. The predicted octanol–water partition coefficient (Wildman–Crippen LogP) is 1.75. The van der Waals surface area contributed by atoms with Crippen molar-refractivity contribution in [2.45, 2.75) is 40.2 Å². The van der Waals surface area contributed by atoms with Crippen molar-refractivity contribution in [3.05, 3.63) is 0 Å². The number of likely N-dealkylation sites (N-methyl/N-ethyl adjacent to an activating group) is 1. The van der Waals surface area contributed by atoms with Crippen molar-refractivity contribution < 1.29 is 9.84 Å². The van der Waals surface area contributed by atoms with E-state index in [9.17, 15) is 5.11 Å². The highest BCUT2D eigenvalue weighted by Gasteiger charge is 2.26. The molecule has 15 heavy (non-hydrogen) atoms. The van der Waals surface area contributed by atoms with Gasteiger partial charge in [0.2, 0.25) is 0 Å². The number of ether oxygens (including phenoxy) is 1. The largest absolute Gasteiger partial charge is 0.389 e. The summed E-state index contributed by atoms with van der Waals surface area (Å²) in [6, 6.07) is 0. The van der Waals surface area contributed by atoms with Gasteiger partial charge < -0.3 is 9.84 Å². The number of rotatable bonds is 8. The summed E-state index contributed by atoms with van der Waals surface area (Å²) in [4.78, 5) is 2.23. The molecule has 0 fully saturated rings. The summed E-state index contributed by atoms with van der Waals surface area (Å²) in [5.41, 5.74) is -0.609. The van der Waals surface area contributed by atoms with E-state index in [2.05, 4.69) is 25.7 Å². The topological polar surface area (TPSA) is 32.7 Å². The quantitative estimate of drug-likeness (QED) is 0.629. The summed E-state index contributed by atoms with van der Waals surface area (Å²) in [5.74, 6) is 0.277.